The quantitative estimate of drug-likeness (QED) is 0.473. The summed E-state index contributed by atoms with van der Waals surface area (Å²) < 4.78 is 13.5. The molecule has 0 spiro atoms. The molecular formula is C27H28FN5O. The monoisotopic (exact) mass is 457 g/mol. The highest BCUT2D eigenvalue weighted by molar-refractivity contribution is 5.99. The van der Waals surface area contributed by atoms with Crippen LogP contribution in [0, 0.1) is 23.1 Å². The van der Waals surface area contributed by atoms with Crippen molar-refractivity contribution in [3.05, 3.63) is 83.2 Å². The number of nitrogens with one attached hydrogen (secondary N) is 3. The van der Waals surface area contributed by atoms with Crippen LogP contribution in [0.5, 0.6) is 0 Å². The smallest absolute Gasteiger partial charge is 0.255 e. The molecule has 0 radical (unpaired) electrons. The second-order valence-electron chi connectivity index (χ2n) is 8.48. The summed E-state index contributed by atoms with van der Waals surface area (Å²) in [6.45, 7) is 3.01. The van der Waals surface area contributed by atoms with Crippen LogP contribution in [-0.4, -0.2) is 37.1 Å². The van der Waals surface area contributed by atoms with E-state index in [4.69, 9.17) is 4.98 Å². The van der Waals surface area contributed by atoms with Crippen molar-refractivity contribution in [2.75, 3.05) is 31.5 Å². The van der Waals surface area contributed by atoms with Crippen molar-refractivity contribution in [3.63, 3.8) is 0 Å². The largest absolute Gasteiger partial charge is 0.369 e. The number of carbonyl (C=O) groups excluding carboxylic acids is 1. The first-order valence-corrected chi connectivity index (χ1v) is 11.6. The summed E-state index contributed by atoms with van der Waals surface area (Å²) in [7, 11) is 0. The standard InChI is InChI=1S/C27H28FN5O/c28-22-8-3-5-19(15-22)12-14-31-26-24(27(34)32-18-20-6-4-13-30-17-20)10-11-25(33-26)23-9-2-1-7-21(23)16-29/h1-3,5,7-11,15,20,30H,4,6,12-14,17-18H2,(H,31,33)(H,32,34)/t20-/m0/s1. The SMILES string of the molecule is N#Cc1ccccc1-c1ccc(C(=O)NC[C@H]2CCCNC2)c(NCCc2cccc(F)c2)n1. The number of benzene rings is 2. The maximum atomic E-state index is 13.5. The highest BCUT2D eigenvalue weighted by atomic mass is 19.1. The summed E-state index contributed by atoms with van der Waals surface area (Å²) in [4.78, 5) is 17.8. The minimum atomic E-state index is -0.275. The zero-order valence-electron chi connectivity index (χ0n) is 19.0. The van der Waals surface area contributed by atoms with Gasteiger partial charge >= 0.3 is 0 Å². The van der Waals surface area contributed by atoms with E-state index < -0.39 is 0 Å². The van der Waals surface area contributed by atoms with E-state index in [2.05, 4.69) is 22.0 Å². The zero-order chi connectivity index (χ0) is 23.8. The number of halogens is 1. The molecule has 2 aromatic carbocycles. The van der Waals surface area contributed by atoms with Crippen LogP contribution in [0.2, 0.25) is 0 Å². The van der Waals surface area contributed by atoms with E-state index in [1.807, 2.05) is 24.3 Å². The number of hydrogen-bond acceptors (Lipinski definition) is 5. The van der Waals surface area contributed by atoms with Crippen molar-refractivity contribution in [1.29, 1.82) is 5.26 Å². The lowest BCUT2D eigenvalue weighted by atomic mass is 9.99. The predicted octanol–water partition coefficient (Wildman–Crippen LogP) is 4.14. The van der Waals surface area contributed by atoms with Gasteiger partial charge in [-0.3, -0.25) is 4.79 Å². The summed E-state index contributed by atoms with van der Waals surface area (Å²) in [5.41, 5.74) is 3.13. The zero-order valence-corrected chi connectivity index (χ0v) is 19.0. The molecule has 1 aromatic heterocycles. The van der Waals surface area contributed by atoms with Gasteiger partial charge in [0.2, 0.25) is 0 Å². The molecule has 0 saturated carbocycles. The molecule has 1 aliphatic rings. The van der Waals surface area contributed by atoms with Crippen LogP contribution in [0.15, 0.2) is 60.7 Å². The molecule has 1 saturated heterocycles. The first kappa shape index (κ1) is 23.4. The van der Waals surface area contributed by atoms with Crippen LogP contribution in [0.1, 0.15) is 34.3 Å². The normalized spacial score (nSPS) is 15.4. The molecular weight excluding hydrogens is 429 g/mol. The van der Waals surface area contributed by atoms with E-state index in [-0.39, 0.29) is 11.7 Å². The molecule has 1 atom stereocenters. The summed E-state index contributed by atoms with van der Waals surface area (Å²) in [5, 5.41) is 19.2. The second-order valence-corrected chi connectivity index (χ2v) is 8.48. The van der Waals surface area contributed by atoms with E-state index in [1.165, 1.54) is 12.1 Å². The van der Waals surface area contributed by atoms with Crippen LogP contribution < -0.4 is 16.0 Å². The molecule has 3 aromatic rings. The molecule has 7 heteroatoms. The third-order valence-corrected chi connectivity index (χ3v) is 6.01. The van der Waals surface area contributed by atoms with E-state index >= 15 is 0 Å². The number of piperidine rings is 1. The first-order chi connectivity index (χ1) is 16.6. The van der Waals surface area contributed by atoms with Crippen LogP contribution >= 0.6 is 0 Å². The van der Waals surface area contributed by atoms with E-state index in [9.17, 15) is 14.4 Å². The van der Waals surface area contributed by atoms with Crippen molar-refractivity contribution >= 4 is 11.7 Å². The molecule has 1 amide bonds. The van der Waals surface area contributed by atoms with E-state index in [0.717, 1.165) is 31.5 Å². The summed E-state index contributed by atoms with van der Waals surface area (Å²) >= 11 is 0. The summed E-state index contributed by atoms with van der Waals surface area (Å²) in [6, 6.07) is 19.4. The van der Waals surface area contributed by atoms with E-state index in [1.54, 1.807) is 24.3 Å². The lowest BCUT2D eigenvalue weighted by molar-refractivity contribution is 0.0945. The van der Waals surface area contributed by atoms with Gasteiger partial charge in [-0.2, -0.15) is 5.26 Å². The first-order valence-electron chi connectivity index (χ1n) is 11.6. The van der Waals surface area contributed by atoms with Crippen LogP contribution in [0.3, 0.4) is 0 Å². The Balaban J connectivity index is 1.54. The minimum Gasteiger partial charge on any atom is -0.369 e. The van der Waals surface area contributed by atoms with Crippen LogP contribution in [0.4, 0.5) is 10.2 Å². The number of carbonyl (C=O) groups is 1. The van der Waals surface area contributed by atoms with Crippen molar-refractivity contribution in [3.8, 4) is 17.3 Å². The number of nitriles is 1. The van der Waals surface area contributed by atoms with Gasteiger partial charge in [-0.05, 0) is 74.2 Å². The molecule has 174 valence electrons. The van der Waals surface area contributed by atoms with Gasteiger partial charge in [-0.1, -0.05) is 30.3 Å². The Hall–Kier alpha value is -3.76. The van der Waals surface area contributed by atoms with Gasteiger partial charge in [0, 0.05) is 18.7 Å². The fraction of sp³-hybridized carbons (Fsp3) is 0.296. The molecule has 1 fully saturated rings. The van der Waals surface area contributed by atoms with Gasteiger partial charge in [0.25, 0.3) is 5.91 Å². The lowest BCUT2D eigenvalue weighted by Gasteiger charge is -2.23. The highest BCUT2D eigenvalue weighted by Crippen LogP contribution is 2.25. The van der Waals surface area contributed by atoms with Crippen molar-refractivity contribution in [2.24, 2.45) is 5.92 Å². The Bertz CT molecular complexity index is 1180. The van der Waals surface area contributed by atoms with Gasteiger partial charge < -0.3 is 16.0 Å². The number of anilines is 1. The second kappa shape index (κ2) is 11.4. The maximum Gasteiger partial charge on any atom is 0.255 e. The number of nitrogens with zero attached hydrogens (tertiary/aromatic N) is 2. The summed E-state index contributed by atoms with van der Waals surface area (Å²) in [5.74, 6) is 0.396. The molecule has 6 nitrogen and oxygen atoms in total. The molecule has 0 bridgehead atoms. The number of aromatic nitrogens is 1. The Morgan fingerprint density at radius 1 is 1.18 bits per heavy atom. The predicted molar refractivity (Wildman–Crippen MR) is 131 cm³/mol. The molecule has 1 aliphatic heterocycles. The Labute approximate surface area is 199 Å². The average Bonchev–Trinajstić information content (AvgIpc) is 2.88. The fourth-order valence-electron chi connectivity index (χ4n) is 4.18. The third-order valence-electron chi connectivity index (χ3n) is 6.01. The van der Waals surface area contributed by atoms with E-state index in [0.29, 0.717) is 53.6 Å². The highest BCUT2D eigenvalue weighted by Gasteiger charge is 2.18. The summed E-state index contributed by atoms with van der Waals surface area (Å²) in [6.07, 6.45) is 2.78. The van der Waals surface area contributed by atoms with Gasteiger partial charge in [0.1, 0.15) is 11.6 Å². The Kier molecular flexibility index (Phi) is 7.84. The maximum absolute atomic E-state index is 13.5. The number of pyridine rings is 1. The molecule has 34 heavy (non-hydrogen) atoms. The van der Waals surface area contributed by atoms with Crippen LogP contribution in [0.25, 0.3) is 11.3 Å². The van der Waals surface area contributed by atoms with Gasteiger partial charge in [0.15, 0.2) is 0 Å². The molecule has 3 N–H and O–H groups in total. The molecule has 0 aliphatic carbocycles. The Morgan fingerprint density at radius 2 is 2.06 bits per heavy atom. The van der Waals surface area contributed by atoms with Gasteiger partial charge in [0.05, 0.1) is 22.9 Å². The fourth-order valence-corrected chi connectivity index (χ4v) is 4.18. The van der Waals surface area contributed by atoms with Crippen molar-refractivity contribution in [1.82, 2.24) is 15.6 Å². The lowest BCUT2D eigenvalue weighted by Crippen LogP contribution is -2.38. The number of amides is 1. The molecule has 0 unspecified atom stereocenters. The van der Waals surface area contributed by atoms with Crippen LogP contribution in [-0.2, 0) is 6.42 Å². The average molecular weight is 458 g/mol. The minimum absolute atomic E-state index is 0.188. The number of hydrogen-bond donors (Lipinski definition) is 3. The van der Waals surface area contributed by atoms with Crippen molar-refractivity contribution in [2.45, 2.75) is 19.3 Å². The molecule has 2 heterocycles. The topological polar surface area (TPSA) is 89.8 Å². The van der Waals surface area contributed by atoms with Gasteiger partial charge in [-0.15, -0.1) is 0 Å². The van der Waals surface area contributed by atoms with Gasteiger partial charge in [-0.25, -0.2) is 9.37 Å². The Morgan fingerprint density at radius 3 is 2.85 bits per heavy atom. The third kappa shape index (κ3) is 5.97. The van der Waals surface area contributed by atoms with Crippen molar-refractivity contribution < 1.29 is 9.18 Å². The number of rotatable bonds is 8. The molecule has 4 rings (SSSR count).